The maximum atomic E-state index is 7.46. The van der Waals surface area contributed by atoms with E-state index in [2.05, 4.69) is 4.98 Å². The zero-order valence-corrected chi connectivity index (χ0v) is 6.29. The van der Waals surface area contributed by atoms with Gasteiger partial charge in [-0.05, 0) is 6.92 Å². The van der Waals surface area contributed by atoms with Crippen LogP contribution in [-0.4, -0.2) is 16.2 Å². The monoisotopic (exact) mass is 151 g/mol. The fourth-order valence-corrected chi connectivity index (χ4v) is 1.20. The van der Waals surface area contributed by atoms with Gasteiger partial charge in [0.2, 0.25) is 5.62 Å². The molecule has 4 heteroatoms. The van der Waals surface area contributed by atoms with Gasteiger partial charge in [-0.1, -0.05) is 0 Å². The van der Waals surface area contributed by atoms with Crippen molar-refractivity contribution in [3.63, 3.8) is 0 Å². The van der Waals surface area contributed by atoms with E-state index in [-0.39, 0.29) is 5.62 Å². The summed E-state index contributed by atoms with van der Waals surface area (Å²) in [6.07, 6.45) is 0. The Kier molecular flexibility index (Phi) is 1.21. The van der Waals surface area contributed by atoms with Crippen LogP contribution in [0.25, 0.3) is 0 Å². The third-order valence-corrected chi connectivity index (χ3v) is 1.70. The fourth-order valence-electron chi connectivity index (χ4n) is 1.20. The smallest absolute Gasteiger partial charge is 0.225 e. The predicted octanol–water partition coefficient (Wildman–Crippen LogP) is 0.0634. The molecule has 1 aliphatic heterocycles. The number of aromatic nitrogens is 2. The summed E-state index contributed by atoms with van der Waals surface area (Å²) in [5, 5.41) is 7.46. The summed E-state index contributed by atoms with van der Waals surface area (Å²) in [5.74, 6) is 0.766. The fraction of sp³-hybridized carbons (Fsp3) is 0.429. The first-order chi connectivity index (χ1) is 5.27. The highest BCUT2D eigenvalue weighted by molar-refractivity contribution is 5.15. The first-order valence-corrected chi connectivity index (χ1v) is 3.53. The molecule has 1 aromatic heterocycles. The number of nitrogens with one attached hydrogen (secondary N) is 1. The van der Waals surface area contributed by atoms with E-state index >= 15 is 0 Å². The molecule has 2 heterocycles. The molecule has 1 aliphatic rings. The molecule has 0 spiro atoms. The normalized spacial score (nSPS) is 14.3. The summed E-state index contributed by atoms with van der Waals surface area (Å²) >= 11 is 0. The largest absolute Gasteiger partial charge is 0.477 e. The first-order valence-electron chi connectivity index (χ1n) is 3.53. The quantitative estimate of drug-likeness (QED) is 0.570. The minimum atomic E-state index is 0.289. The molecule has 58 valence electrons. The van der Waals surface area contributed by atoms with Gasteiger partial charge < -0.3 is 4.74 Å². The summed E-state index contributed by atoms with van der Waals surface area (Å²) < 4.78 is 7.02. The average molecular weight is 151 g/mol. The molecule has 4 nitrogen and oxygen atoms in total. The topological polar surface area (TPSA) is 50.9 Å². The number of fused-ring (bicyclic) bond motifs is 1. The van der Waals surface area contributed by atoms with Crippen LogP contribution in [0.3, 0.4) is 0 Å². The van der Waals surface area contributed by atoms with Crippen LogP contribution in [0.4, 0.5) is 0 Å². The Bertz CT molecular complexity index is 342. The van der Waals surface area contributed by atoms with E-state index in [1.807, 2.05) is 13.0 Å². The number of aryl methyl sites for hydroxylation is 1. The van der Waals surface area contributed by atoms with E-state index < -0.39 is 0 Å². The van der Waals surface area contributed by atoms with Crippen molar-refractivity contribution in [2.75, 3.05) is 6.61 Å². The molecule has 2 rings (SSSR count). The molecule has 0 radical (unpaired) electrons. The Labute approximate surface area is 64.0 Å². The molecular weight excluding hydrogens is 142 g/mol. The van der Waals surface area contributed by atoms with Gasteiger partial charge in [0, 0.05) is 11.8 Å². The molecule has 0 aromatic carbocycles. The first kappa shape index (κ1) is 6.39. The van der Waals surface area contributed by atoms with Crippen molar-refractivity contribution in [3.05, 3.63) is 17.4 Å². The maximum Gasteiger partial charge on any atom is 0.225 e. The standard InChI is InChI=1S/C7H9N3O/c1-5-4-6-10(2-3-11-6)7(8)9-5/h4,8H,2-3H2,1H3. The Hall–Kier alpha value is -1.32. The number of rotatable bonds is 0. The second-order valence-electron chi connectivity index (χ2n) is 2.56. The van der Waals surface area contributed by atoms with Gasteiger partial charge in [-0.2, -0.15) is 0 Å². The van der Waals surface area contributed by atoms with E-state index in [0.717, 1.165) is 18.1 Å². The van der Waals surface area contributed by atoms with Crippen LogP contribution < -0.4 is 10.4 Å². The van der Waals surface area contributed by atoms with Crippen molar-refractivity contribution in [2.24, 2.45) is 0 Å². The highest BCUT2D eigenvalue weighted by atomic mass is 16.5. The van der Waals surface area contributed by atoms with Crippen LogP contribution >= 0.6 is 0 Å². The summed E-state index contributed by atoms with van der Waals surface area (Å²) in [6, 6.07) is 1.85. The lowest BCUT2D eigenvalue weighted by atomic mass is 10.4. The van der Waals surface area contributed by atoms with Crippen LogP contribution in [-0.2, 0) is 6.54 Å². The molecule has 1 N–H and O–H groups in total. The number of ether oxygens (including phenoxy) is 1. The van der Waals surface area contributed by atoms with E-state index in [0.29, 0.717) is 6.61 Å². The molecule has 0 bridgehead atoms. The SMILES string of the molecule is Cc1cc2n(c(=N)n1)CCO2. The Balaban J connectivity index is 2.70. The zero-order valence-electron chi connectivity index (χ0n) is 6.29. The van der Waals surface area contributed by atoms with Crippen LogP contribution in [0.2, 0.25) is 0 Å². The van der Waals surface area contributed by atoms with E-state index in [1.165, 1.54) is 0 Å². The van der Waals surface area contributed by atoms with Crippen LogP contribution in [0.5, 0.6) is 5.88 Å². The third kappa shape index (κ3) is 0.906. The molecular formula is C7H9N3O. The lowest BCUT2D eigenvalue weighted by Gasteiger charge is -2.00. The molecule has 0 unspecified atom stereocenters. The van der Waals surface area contributed by atoms with E-state index in [4.69, 9.17) is 10.1 Å². The molecule has 0 aliphatic carbocycles. The summed E-state index contributed by atoms with van der Waals surface area (Å²) in [5.41, 5.74) is 1.13. The second-order valence-corrected chi connectivity index (χ2v) is 2.56. The molecule has 0 fully saturated rings. The van der Waals surface area contributed by atoms with Gasteiger partial charge in [0.1, 0.15) is 6.61 Å². The lowest BCUT2D eigenvalue weighted by molar-refractivity contribution is 0.356. The van der Waals surface area contributed by atoms with Crippen LogP contribution in [0.15, 0.2) is 6.07 Å². The van der Waals surface area contributed by atoms with Crippen molar-refractivity contribution >= 4 is 0 Å². The number of hydrogen-bond donors (Lipinski definition) is 1. The maximum absolute atomic E-state index is 7.46. The van der Waals surface area contributed by atoms with Crippen molar-refractivity contribution in [2.45, 2.75) is 13.5 Å². The molecule has 1 aromatic rings. The Morgan fingerprint density at radius 1 is 1.73 bits per heavy atom. The van der Waals surface area contributed by atoms with E-state index in [1.54, 1.807) is 4.57 Å². The zero-order chi connectivity index (χ0) is 7.84. The average Bonchev–Trinajstić information content (AvgIpc) is 2.34. The van der Waals surface area contributed by atoms with Gasteiger partial charge in [-0.25, -0.2) is 4.98 Å². The van der Waals surface area contributed by atoms with Crippen molar-refractivity contribution in [1.82, 2.24) is 9.55 Å². The Morgan fingerprint density at radius 2 is 2.55 bits per heavy atom. The second kappa shape index (κ2) is 2.08. The van der Waals surface area contributed by atoms with Gasteiger partial charge in [-0.3, -0.25) is 9.98 Å². The van der Waals surface area contributed by atoms with Gasteiger partial charge in [0.15, 0.2) is 5.88 Å². The number of hydrogen-bond acceptors (Lipinski definition) is 3. The van der Waals surface area contributed by atoms with Crippen molar-refractivity contribution in [1.29, 1.82) is 5.41 Å². The van der Waals surface area contributed by atoms with Crippen LogP contribution in [0, 0.1) is 12.3 Å². The Morgan fingerprint density at radius 3 is 3.36 bits per heavy atom. The third-order valence-electron chi connectivity index (χ3n) is 1.70. The summed E-state index contributed by atoms with van der Waals surface area (Å²) in [6.45, 7) is 3.28. The van der Waals surface area contributed by atoms with E-state index in [9.17, 15) is 0 Å². The highest BCUT2D eigenvalue weighted by Gasteiger charge is 2.11. The molecule has 0 saturated carbocycles. The summed E-state index contributed by atoms with van der Waals surface area (Å²) in [4.78, 5) is 3.99. The minimum absolute atomic E-state index is 0.289. The van der Waals surface area contributed by atoms with Gasteiger partial charge in [-0.15, -0.1) is 0 Å². The lowest BCUT2D eigenvalue weighted by Crippen LogP contribution is -2.21. The van der Waals surface area contributed by atoms with Gasteiger partial charge in [0.05, 0.1) is 6.54 Å². The summed E-state index contributed by atoms with van der Waals surface area (Å²) in [7, 11) is 0. The van der Waals surface area contributed by atoms with Crippen molar-refractivity contribution < 1.29 is 4.74 Å². The van der Waals surface area contributed by atoms with Gasteiger partial charge >= 0.3 is 0 Å². The molecule has 0 saturated heterocycles. The van der Waals surface area contributed by atoms with Crippen molar-refractivity contribution in [3.8, 4) is 5.88 Å². The number of nitrogens with zero attached hydrogens (tertiary/aromatic N) is 2. The molecule has 0 amide bonds. The highest BCUT2D eigenvalue weighted by Crippen LogP contribution is 2.13. The molecule has 11 heavy (non-hydrogen) atoms. The minimum Gasteiger partial charge on any atom is -0.477 e. The van der Waals surface area contributed by atoms with Gasteiger partial charge in [0.25, 0.3) is 0 Å². The van der Waals surface area contributed by atoms with Crippen LogP contribution in [0.1, 0.15) is 5.69 Å². The predicted molar refractivity (Wildman–Crippen MR) is 38.3 cm³/mol. The molecule has 0 atom stereocenters.